The molecular formula is C16H18Fe+2. The minimum absolute atomic E-state index is 0. The summed E-state index contributed by atoms with van der Waals surface area (Å²) < 4.78 is 0. The van der Waals surface area contributed by atoms with E-state index < -0.39 is 0 Å². The molecule has 2 aliphatic carbocycles. The molecule has 0 unspecified atom stereocenters. The third-order valence-electron chi connectivity index (χ3n) is 1.80. The molecule has 0 spiro atoms. The molecule has 0 atom stereocenters. The minimum Gasteiger partial charge on any atom is -0.0967 e. The van der Waals surface area contributed by atoms with Gasteiger partial charge in [0.25, 0.3) is 0 Å². The number of hydrogen-bond acceptors (Lipinski definition) is 0. The normalized spacial score (nSPS) is 19.7. The van der Waals surface area contributed by atoms with E-state index in [0.717, 1.165) is 5.92 Å². The largest absolute Gasteiger partial charge is 2.00 e. The van der Waals surface area contributed by atoms with Gasteiger partial charge in [-0.25, -0.2) is 0 Å². The first-order valence-corrected chi connectivity index (χ1v) is 5.49. The Morgan fingerprint density at radius 2 is 1.18 bits per heavy atom. The fourth-order valence-electron chi connectivity index (χ4n) is 1.04. The summed E-state index contributed by atoms with van der Waals surface area (Å²) in [5.41, 5.74) is 0.108. The van der Waals surface area contributed by atoms with Gasteiger partial charge >= 0.3 is 17.1 Å². The summed E-state index contributed by atoms with van der Waals surface area (Å²) in [6, 6.07) is 0. The van der Waals surface area contributed by atoms with Crippen LogP contribution in [0.5, 0.6) is 0 Å². The van der Waals surface area contributed by atoms with Crippen molar-refractivity contribution in [2.24, 2.45) is 5.41 Å². The molecule has 0 aromatic carbocycles. The van der Waals surface area contributed by atoms with Crippen molar-refractivity contribution >= 4 is 0 Å². The predicted molar refractivity (Wildman–Crippen MR) is 69.2 cm³/mol. The van der Waals surface area contributed by atoms with Gasteiger partial charge in [-0.05, 0) is 78.6 Å². The molecule has 2 fully saturated rings. The van der Waals surface area contributed by atoms with Crippen LogP contribution in [-0.4, -0.2) is 0 Å². The van der Waals surface area contributed by atoms with E-state index in [1.54, 1.807) is 0 Å². The van der Waals surface area contributed by atoms with Crippen molar-refractivity contribution < 1.29 is 17.1 Å². The van der Waals surface area contributed by atoms with E-state index in [1.807, 2.05) is 57.8 Å². The van der Waals surface area contributed by atoms with Gasteiger partial charge < -0.3 is 0 Å². The Hall–Kier alpha value is 0.0795. The second-order valence-corrected chi connectivity index (χ2v) is 4.64. The van der Waals surface area contributed by atoms with Gasteiger partial charge in [0.15, 0.2) is 0 Å². The molecule has 0 amide bonds. The van der Waals surface area contributed by atoms with Gasteiger partial charge in [0, 0.05) is 5.41 Å². The Kier molecular flexibility index (Phi) is 9.11. The Balaban J connectivity index is 0.000000360. The summed E-state index contributed by atoms with van der Waals surface area (Å²) in [7, 11) is 0. The van der Waals surface area contributed by atoms with E-state index in [0.29, 0.717) is 0 Å². The van der Waals surface area contributed by atoms with E-state index in [1.165, 1.54) is 0 Å². The van der Waals surface area contributed by atoms with Crippen LogP contribution in [0.3, 0.4) is 0 Å². The van der Waals surface area contributed by atoms with Gasteiger partial charge in [-0.15, -0.1) is 0 Å². The second kappa shape index (κ2) is 9.07. The first-order chi connectivity index (χ1) is 7.58. The summed E-state index contributed by atoms with van der Waals surface area (Å²) >= 11 is 0. The second-order valence-electron chi connectivity index (χ2n) is 4.64. The molecule has 10 radical (unpaired) electrons. The molecule has 17 heavy (non-hydrogen) atoms. The first-order valence-electron chi connectivity index (χ1n) is 5.49. The molecule has 0 heterocycles. The van der Waals surface area contributed by atoms with Crippen LogP contribution in [-0.2, 0) is 17.1 Å². The molecular weight excluding hydrogens is 248 g/mol. The molecule has 0 bridgehead atoms. The fourth-order valence-corrected chi connectivity index (χ4v) is 1.04. The Labute approximate surface area is 119 Å². The maximum atomic E-state index is 3.17. The smallest absolute Gasteiger partial charge is 0.0967 e. The number of rotatable bonds is 0. The van der Waals surface area contributed by atoms with Crippen LogP contribution in [0, 0.1) is 81.0 Å². The Morgan fingerprint density at radius 3 is 1.53 bits per heavy atom. The van der Waals surface area contributed by atoms with Crippen molar-refractivity contribution in [3.05, 3.63) is 63.7 Å². The van der Waals surface area contributed by atoms with Gasteiger partial charge in [0.2, 0.25) is 0 Å². The quantitative estimate of drug-likeness (QED) is 0.465. The van der Waals surface area contributed by atoms with Crippen LogP contribution >= 0.6 is 0 Å². The molecule has 0 nitrogen and oxygen atoms in total. The third kappa shape index (κ3) is 9.75. The average Bonchev–Trinajstić information content (AvgIpc) is 2.90. The van der Waals surface area contributed by atoms with Crippen molar-refractivity contribution in [1.29, 1.82) is 0 Å². The van der Waals surface area contributed by atoms with Crippen LogP contribution in [0.4, 0.5) is 0 Å². The van der Waals surface area contributed by atoms with E-state index in [2.05, 4.69) is 32.6 Å². The third-order valence-corrected chi connectivity index (χ3v) is 1.80. The Morgan fingerprint density at radius 1 is 0.765 bits per heavy atom. The topological polar surface area (TPSA) is 0 Å². The maximum absolute atomic E-state index is 3.17. The van der Waals surface area contributed by atoms with E-state index >= 15 is 0 Å². The van der Waals surface area contributed by atoms with Crippen LogP contribution in [0.2, 0.25) is 0 Å². The van der Waals surface area contributed by atoms with E-state index in [-0.39, 0.29) is 22.5 Å². The van der Waals surface area contributed by atoms with Crippen LogP contribution in [0.1, 0.15) is 20.8 Å². The SMILES string of the molecule is CC(C)(C)C#C[C]1[CH][CH][CH][CH]1.[CH]1[CH][CH][CH][CH]1.[Fe+2]. The van der Waals surface area contributed by atoms with Gasteiger partial charge in [0.05, 0.1) is 5.92 Å². The first kappa shape index (κ1) is 17.1. The molecule has 0 aromatic rings. The molecule has 0 saturated heterocycles. The minimum atomic E-state index is 0. The summed E-state index contributed by atoms with van der Waals surface area (Å²) in [4.78, 5) is 0. The van der Waals surface area contributed by atoms with Crippen LogP contribution < -0.4 is 0 Å². The summed E-state index contributed by atoms with van der Waals surface area (Å²) in [5.74, 6) is 7.40. The van der Waals surface area contributed by atoms with Crippen molar-refractivity contribution in [1.82, 2.24) is 0 Å². The summed E-state index contributed by atoms with van der Waals surface area (Å²) in [5, 5.41) is 0. The zero-order chi connectivity index (χ0) is 11.9. The van der Waals surface area contributed by atoms with Crippen LogP contribution in [0.25, 0.3) is 0 Å². The molecule has 0 aromatic heterocycles. The van der Waals surface area contributed by atoms with Gasteiger partial charge in [-0.3, -0.25) is 0 Å². The molecule has 0 N–H and O–H groups in total. The molecule has 0 aliphatic heterocycles. The molecule has 1 heteroatoms. The fraction of sp³-hybridized carbons (Fsp3) is 0.250. The van der Waals surface area contributed by atoms with Gasteiger partial charge in [-0.2, -0.15) is 0 Å². The predicted octanol–water partition coefficient (Wildman–Crippen LogP) is 3.46. The van der Waals surface area contributed by atoms with Crippen molar-refractivity contribution in [3.8, 4) is 11.8 Å². The van der Waals surface area contributed by atoms with E-state index in [9.17, 15) is 0 Å². The van der Waals surface area contributed by atoms with E-state index in [4.69, 9.17) is 0 Å². The summed E-state index contributed by atoms with van der Waals surface area (Å²) in [6.45, 7) is 6.34. The Bertz CT molecular complexity index is 221. The van der Waals surface area contributed by atoms with Crippen molar-refractivity contribution in [3.63, 3.8) is 0 Å². The molecule has 88 valence electrons. The molecule has 2 aliphatic rings. The number of hydrogen-bond donors (Lipinski definition) is 0. The zero-order valence-corrected chi connectivity index (χ0v) is 11.7. The standard InChI is InChI=1S/C11H13.C5H5.Fe/c1-11(2,3)9-8-10-6-4-5-7-10;1-2-4-5-3-1;/h4-7H,1-3H3;1-5H;/q;;+2. The molecule has 2 rings (SSSR count). The van der Waals surface area contributed by atoms with Crippen LogP contribution in [0.15, 0.2) is 0 Å². The monoisotopic (exact) mass is 266 g/mol. The van der Waals surface area contributed by atoms with Gasteiger partial charge in [-0.1, -0.05) is 11.8 Å². The average molecular weight is 266 g/mol. The summed E-state index contributed by atoms with van der Waals surface area (Å²) in [6.07, 6.45) is 18.1. The van der Waals surface area contributed by atoms with Gasteiger partial charge in [0.1, 0.15) is 0 Å². The molecule has 2 saturated carbocycles. The maximum Gasteiger partial charge on any atom is 2.00 e. The zero-order valence-electron chi connectivity index (χ0n) is 10.5. The van der Waals surface area contributed by atoms with Crippen molar-refractivity contribution in [2.75, 3.05) is 0 Å². The van der Waals surface area contributed by atoms with Crippen molar-refractivity contribution in [2.45, 2.75) is 20.8 Å².